The van der Waals surface area contributed by atoms with E-state index < -0.39 is 31.6 Å². The number of piperidine rings is 1. The predicted molar refractivity (Wildman–Crippen MR) is 171 cm³/mol. The molecule has 0 aromatic carbocycles. The highest BCUT2D eigenvalue weighted by atomic mass is 28.4. The number of aromatic nitrogens is 4. The molecule has 1 amide bonds. The van der Waals surface area contributed by atoms with Gasteiger partial charge in [-0.05, 0) is 64.6 Å². The summed E-state index contributed by atoms with van der Waals surface area (Å²) in [6, 6.07) is 2.35. The first-order valence-corrected chi connectivity index (χ1v) is 18.7. The Bertz CT molecular complexity index is 1550. The largest absolute Gasteiger partial charge is 0.489 e. The molecule has 5 rings (SSSR count). The fraction of sp³-hybridized carbons (Fsp3) is 0.625. The highest BCUT2D eigenvalue weighted by Gasteiger charge is 2.37. The van der Waals surface area contributed by atoms with E-state index in [1.807, 2.05) is 26.8 Å². The molecule has 3 aromatic heterocycles. The van der Waals surface area contributed by atoms with Crippen molar-refractivity contribution < 1.29 is 27.5 Å². The molecule has 4 heterocycles. The van der Waals surface area contributed by atoms with Gasteiger partial charge in [0.05, 0.1) is 12.8 Å². The Hall–Kier alpha value is -3.32. The van der Waals surface area contributed by atoms with Crippen LogP contribution in [0.2, 0.25) is 18.1 Å². The maximum atomic E-state index is 15.3. The summed E-state index contributed by atoms with van der Waals surface area (Å²) in [5.41, 5.74) is 0.857. The van der Waals surface area contributed by atoms with E-state index in [0.717, 1.165) is 24.6 Å². The third-order valence-corrected chi connectivity index (χ3v) is 13.2. The van der Waals surface area contributed by atoms with Gasteiger partial charge >= 0.3 is 6.09 Å². The average molecular weight is 645 g/mol. The van der Waals surface area contributed by atoms with Crippen LogP contribution >= 0.6 is 0 Å². The molecule has 1 N–H and O–H groups in total. The van der Waals surface area contributed by atoms with Crippen LogP contribution in [-0.4, -0.2) is 76.8 Å². The van der Waals surface area contributed by atoms with Crippen LogP contribution in [0.25, 0.3) is 17.0 Å². The van der Waals surface area contributed by atoms with E-state index in [9.17, 15) is 4.79 Å². The number of halogens is 2. The minimum Gasteiger partial charge on any atom is -0.489 e. The molecule has 3 aromatic rings. The summed E-state index contributed by atoms with van der Waals surface area (Å²) >= 11 is 0. The van der Waals surface area contributed by atoms with Gasteiger partial charge in [0.2, 0.25) is 0 Å². The molecular weight excluding hydrogens is 598 g/mol. The molecule has 1 saturated heterocycles. The number of anilines is 1. The van der Waals surface area contributed by atoms with Crippen molar-refractivity contribution in [3.05, 3.63) is 35.7 Å². The molecule has 1 saturated carbocycles. The van der Waals surface area contributed by atoms with E-state index in [2.05, 4.69) is 49.1 Å². The van der Waals surface area contributed by atoms with Crippen LogP contribution in [-0.2, 0) is 9.16 Å². The third-order valence-electron chi connectivity index (χ3n) is 8.64. The standard InChI is InChI=1S/C32H46F2N6O4Si/c1-31(2,3)44-30(41)39-13-9-10-21(19-39)36-29-23(34)16-22(33)28(37-29)24-18-35-26-17-25(27(20-11-12-20)38-40(24)26)42-14-15-43-45(7,8)32(4,5)6/h16-18,20-21H,9-15,19H2,1-8H3,(H,36,37)/t21-/m1/s1. The highest BCUT2D eigenvalue weighted by molar-refractivity contribution is 6.74. The summed E-state index contributed by atoms with van der Waals surface area (Å²) in [6.45, 7) is 18.2. The molecule has 0 radical (unpaired) electrons. The fourth-order valence-electron chi connectivity index (χ4n) is 5.02. The van der Waals surface area contributed by atoms with Crippen LogP contribution in [0.4, 0.5) is 19.4 Å². The zero-order chi connectivity index (χ0) is 32.7. The average Bonchev–Trinajstić information content (AvgIpc) is 3.70. The van der Waals surface area contributed by atoms with Crippen LogP contribution in [0, 0.1) is 11.6 Å². The quantitative estimate of drug-likeness (QED) is 0.193. The molecule has 1 atom stereocenters. The van der Waals surface area contributed by atoms with Gasteiger partial charge in [0.25, 0.3) is 0 Å². The highest BCUT2D eigenvalue weighted by Crippen LogP contribution is 2.44. The molecule has 2 fully saturated rings. The van der Waals surface area contributed by atoms with Crippen molar-refractivity contribution in [2.75, 3.05) is 31.6 Å². The van der Waals surface area contributed by atoms with Crippen molar-refractivity contribution in [3.63, 3.8) is 0 Å². The maximum absolute atomic E-state index is 15.3. The lowest BCUT2D eigenvalue weighted by atomic mass is 10.1. The van der Waals surface area contributed by atoms with Crippen molar-refractivity contribution >= 4 is 25.9 Å². The molecule has 246 valence electrons. The number of pyridine rings is 1. The molecule has 0 unspecified atom stereocenters. The molecule has 13 heteroatoms. The van der Waals surface area contributed by atoms with E-state index in [1.165, 1.54) is 6.20 Å². The zero-order valence-corrected chi connectivity index (χ0v) is 28.7. The minimum atomic E-state index is -1.90. The van der Waals surface area contributed by atoms with Crippen LogP contribution < -0.4 is 10.1 Å². The lowest BCUT2D eigenvalue weighted by molar-refractivity contribution is 0.0206. The van der Waals surface area contributed by atoms with Gasteiger partial charge in [0.1, 0.15) is 35.0 Å². The number of imidazole rings is 1. The number of carbonyl (C=O) groups is 1. The Labute approximate surface area is 265 Å². The van der Waals surface area contributed by atoms with Gasteiger partial charge in [0, 0.05) is 37.2 Å². The molecule has 2 aliphatic rings. The number of hydrogen-bond donors (Lipinski definition) is 1. The normalized spacial score (nSPS) is 17.9. The number of carbonyl (C=O) groups excluding carboxylic acids is 1. The van der Waals surface area contributed by atoms with Crippen LogP contribution in [0.1, 0.15) is 78.8 Å². The maximum Gasteiger partial charge on any atom is 0.410 e. The monoisotopic (exact) mass is 644 g/mol. The smallest absolute Gasteiger partial charge is 0.410 e. The summed E-state index contributed by atoms with van der Waals surface area (Å²) in [5.74, 6) is -0.855. The minimum absolute atomic E-state index is 0.0723. The van der Waals surface area contributed by atoms with Gasteiger partial charge in [-0.15, -0.1) is 0 Å². The van der Waals surface area contributed by atoms with E-state index in [4.69, 9.17) is 19.0 Å². The summed E-state index contributed by atoms with van der Waals surface area (Å²) in [6.07, 6.45) is 4.44. The zero-order valence-electron chi connectivity index (χ0n) is 27.7. The predicted octanol–water partition coefficient (Wildman–Crippen LogP) is 7.16. The van der Waals surface area contributed by atoms with Gasteiger partial charge in [0.15, 0.2) is 31.4 Å². The van der Waals surface area contributed by atoms with Crippen LogP contribution in [0.15, 0.2) is 18.3 Å². The van der Waals surface area contributed by atoms with Crippen molar-refractivity contribution in [1.29, 1.82) is 0 Å². The van der Waals surface area contributed by atoms with E-state index in [-0.39, 0.29) is 28.5 Å². The SMILES string of the molecule is CC(C)(C)OC(=O)N1CCC[C@@H](Nc2nc(-c3cnc4cc(OCCO[Si](C)(C)C(C)(C)C)c(C5CC5)nn34)c(F)cc2F)C1. The van der Waals surface area contributed by atoms with Gasteiger partial charge in [-0.3, -0.25) is 0 Å². The topological polar surface area (TPSA) is 103 Å². The summed E-state index contributed by atoms with van der Waals surface area (Å²) in [4.78, 5) is 23.0. The van der Waals surface area contributed by atoms with Gasteiger partial charge < -0.3 is 24.1 Å². The van der Waals surface area contributed by atoms with Crippen LogP contribution in [0.5, 0.6) is 5.75 Å². The number of nitrogens with one attached hydrogen (secondary N) is 1. The van der Waals surface area contributed by atoms with Gasteiger partial charge in [-0.25, -0.2) is 28.1 Å². The number of hydrogen-bond acceptors (Lipinski definition) is 8. The molecule has 45 heavy (non-hydrogen) atoms. The molecule has 1 aliphatic heterocycles. The lowest BCUT2D eigenvalue weighted by Gasteiger charge is -2.36. The van der Waals surface area contributed by atoms with E-state index in [1.54, 1.807) is 9.42 Å². The van der Waals surface area contributed by atoms with E-state index >= 15 is 8.78 Å². The molecule has 1 aliphatic carbocycles. The second kappa shape index (κ2) is 12.5. The van der Waals surface area contributed by atoms with Crippen molar-refractivity contribution in [3.8, 4) is 17.1 Å². The molecular formula is C32H46F2N6O4Si. The first-order chi connectivity index (χ1) is 21.0. The number of rotatable bonds is 9. The Morgan fingerprint density at radius 3 is 2.47 bits per heavy atom. The number of likely N-dealkylation sites (tertiary alicyclic amines) is 1. The third kappa shape index (κ3) is 7.74. The number of fused-ring (bicyclic) bond motifs is 1. The molecule has 0 bridgehead atoms. The van der Waals surface area contributed by atoms with Crippen molar-refractivity contribution in [2.24, 2.45) is 0 Å². The number of ether oxygens (including phenoxy) is 2. The lowest BCUT2D eigenvalue weighted by Crippen LogP contribution is -2.47. The molecule has 10 nitrogen and oxygen atoms in total. The first kappa shape index (κ1) is 33.1. The fourth-order valence-corrected chi connectivity index (χ4v) is 6.05. The van der Waals surface area contributed by atoms with Gasteiger partial charge in [-0.2, -0.15) is 5.10 Å². The molecule has 0 spiro atoms. The summed E-state index contributed by atoms with van der Waals surface area (Å²) in [5, 5.41) is 8.02. The Balaban J connectivity index is 1.35. The number of nitrogens with zero attached hydrogens (tertiary/aromatic N) is 5. The Morgan fingerprint density at radius 1 is 1.07 bits per heavy atom. The van der Waals surface area contributed by atoms with Crippen molar-refractivity contribution in [2.45, 2.75) is 103 Å². The van der Waals surface area contributed by atoms with Crippen LogP contribution in [0.3, 0.4) is 0 Å². The second-order valence-electron chi connectivity index (χ2n) is 14.6. The Morgan fingerprint density at radius 2 is 1.80 bits per heavy atom. The van der Waals surface area contributed by atoms with Crippen molar-refractivity contribution in [1.82, 2.24) is 24.5 Å². The number of amides is 1. The van der Waals surface area contributed by atoms with E-state index in [0.29, 0.717) is 56.2 Å². The summed E-state index contributed by atoms with van der Waals surface area (Å²) in [7, 11) is -1.90. The van der Waals surface area contributed by atoms with Gasteiger partial charge in [-0.1, -0.05) is 20.8 Å². The summed E-state index contributed by atoms with van der Waals surface area (Å²) < 4.78 is 49.7. The first-order valence-electron chi connectivity index (χ1n) is 15.8. The second-order valence-corrected chi connectivity index (χ2v) is 19.4. The Kier molecular flexibility index (Phi) is 9.15.